The van der Waals surface area contributed by atoms with Crippen LogP contribution in [-0.2, 0) is 28.6 Å². The number of carbonyl (C=O) groups excluding carboxylic acids is 4. The first-order chi connectivity index (χ1) is 18.8. The molecule has 3 amide bonds. The number of hydrogen-bond acceptors (Lipinski definition) is 8. The van der Waals surface area contributed by atoms with E-state index in [1.165, 1.54) is 24.2 Å². The van der Waals surface area contributed by atoms with Crippen LogP contribution in [0.3, 0.4) is 0 Å². The molecule has 0 radical (unpaired) electrons. The number of hydrogen-bond donors (Lipinski definition) is 0. The number of carbonyl (C=O) groups is 4. The van der Waals surface area contributed by atoms with E-state index in [1.807, 2.05) is 19.1 Å². The third-order valence-corrected chi connectivity index (χ3v) is 7.74. The van der Waals surface area contributed by atoms with E-state index in [2.05, 4.69) is 11.8 Å². The fraction of sp³-hybridized carbons (Fsp3) is 0.724. The molecule has 10 heteroatoms. The summed E-state index contributed by atoms with van der Waals surface area (Å²) in [4.78, 5) is 53.7. The second kappa shape index (κ2) is 15.8. The molecule has 218 valence electrons. The number of methoxy groups -OCH3 is 1. The second-order valence-electron chi connectivity index (χ2n) is 10.8. The van der Waals surface area contributed by atoms with Crippen LogP contribution in [0.5, 0.6) is 0 Å². The van der Waals surface area contributed by atoms with E-state index in [1.54, 1.807) is 4.90 Å². The lowest BCUT2D eigenvalue weighted by molar-refractivity contribution is -0.180. The van der Waals surface area contributed by atoms with Crippen LogP contribution in [-0.4, -0.2) is 97.3 Å². The quantitative estimate of drug-likeness (QED) is 0.187. The van der Waals surface area contributed by atoms with Crippen molar-refractivity contribution in [3.8, 4) is 0 Å². The molecule has 1 fully saturated rings. The molecule has 3 aliphatic rings. The average Bonchev–Trinajstić information content (AvgIpc) is 3.25. The summed E-state index contributed by atoms with van der Waals surface area (Å²) in [5, 5.41) is 0. The van der Waals surface area contributed by atoms with Gasteiger partial charge in [-0.2, -0.15) is 0 Å². The van der Waals surface area contributed by atoms with Gasteiger partial charge >= 0.3 is 12.1 Å². The van der Waals surface area contributed by atoms with Gasteiger partial charge in [0.2, 0.25) is 6.29 Å². The minimum atomic E-state index is -0.663. The summed E-state index contributed by atoms with van der Waals surface area (Å²) in [6.07, 6.45) is 11.9. The normalized spacial score (nSPS) is 28.1. The molecule has 0 aromatic carbocycles. The average molecular weight is 548 g/mol. The van der Waals surface area contributed by atoms with Gasteiger partial charge in [0, 0.05) is 64.3 Å². The van der Waals surface area contributed by atoms with Gasteiger partial charge in [-0.05, 0) is 44.2 Å². The molecular formula is C29H45N3O7. The van der Waals surface area contributed by atoms with Gasteiger partial charge < -0.3 is 19.1 Å². The number of esters is 1. The van der Waals surface area contributed by atoms with Crippen LogP contribution >= 0.6 is 0 Å². The lowest BCUT2D eigenvalue weighted by Gasteiger charge is -2.35. The molecule has 0 aromatic rings. The van der Waals surface area contributed by atoms with Crippen molar-refractivity contribution in [2.24, 2.45) is 11.8 Å². The fourth-order valence-corrected chi connectivity index (χ4v) is 5.13. The van der Waals surface area contributed by atoms with Gasteiger partial charge in [-0.25, -0.2) is 4.79 Å². The van der Waals surface area contributed by atoms with E-state index in [0.717, 1.165) is 64.6 Å². The Morgan fingerprint density at radius 2 is 1.59 bits per heavy atom. The maximum atomic E-state index is 13.0. The monoisotopic (exact) mass is 547 g/mol. The molecule has 3 heterocycles. The van der Waals surface area contributed by atoms with Gasteiger partial charge in [0.05, 0.1) is 0 Å². The Morgan fingerprint density at radius 1 is 0.923 bits per heavy atom. The van der Waals surface area contributed by atoms with Crippen molar-refractivity contribution in [3.63, 3.8) is 0 Å². The van der Waals surface area contributed by atoms with E-state index in [4.69, 9.17) is 14.2 Å². The Balaban J connectivity index is 1.38. The third kappa shape index (κ3) is 9.76. The highest BCUT2D eigenvalue weighted by molar-refractivity contribution is 6.12. The number of amides is 3. The number of piperazine rings is 1. The zero-order valence-electron chi connectivity index (χ0n) is 23.7. The third-order valence-electron chi connectivity index (χ3n) is 7.74. The first kappa shape index (κ1) is 30.8. The summed E-state index contributed by atoms with van der Waals surface area (Å²) in [5.41, 5.74) is 0. The summed E-state index contributed by atoms with van der Waals surface area (Å²) in [6, 6.07) is 0. The highest BCUT2D eigenvalue weighted by Crippen LogP contribution is 2.22. The Morgan fingerprint density at radius 3 is 2.26 bits per heavy atom. The number of nitrogens with zero attached hydrogens (tertiary/aromatic N) is 3. The number of unbranched alkanes of at least 4 members (excludes halogenated alkanes) is 3. The molecule has 4 unspecified atom stereocenters. The highest BCUT2D eigenvalue weighted by atomic mass is 16.7. The molecule has 10 nitrogen and oxygen atoms in total. The minimum absolute atomic E-state index is 0.133. The van der Waals surface area contributed by atoms with E-state index in [-0.39, 0.29) is 41.8 Å². The Bertz CT molecular complexity index is 879. The van der Waals surface area contributed by atoms with Crippen molar-refractivity contribution in [1.82, 2.24) is 14.7 Å². The van der Waals surface area contributed by atoms with Gasteiger partial charge in [-0.1, -0.05) is 39.2 Å². The summed E-state index contributed by atoms with van der Waals surface area (Å²) in [7, 11) is 1.52. The van der Waals surface area contributed by atoms with Crippen LogP contribution in [0.15, 0.2) is 24.3 Å². The van der Waals surface area contributed by atoms with Crippen molar-refractivity contribution < 1.29 is 33.4 Å². The molecule has 3 aliphatic heterocycles. The molecule has 0 aliphatic carbocycles. The molecule has 4 atom stereocenters. The summed E-state index contributed by atoms with van der Waals surface area (Å²) in [6.45, 7) is 8.34. The van der Waals surface area contributed by atoms with Crippen LogP contribution < -0.4 is 0 Å². The lowest BCUT2D eigenvalue weighted by atomic mass is 9.95. The molecule has 0 bridgehead atoms. The van der Waals surface area contributed by atoms with E-state index >= 15 is 0 Å². The summed E-state index contributed by atoms with van der Waals surface area (Å²) >= 11 is 0. The van der Waals surface area contributed by atoms with Gasteiger partial charge in [0.25, 0.3) is 11.8 Å². The SMILES string of the molecule is COC1OC(=O)CCCCC(C)C(OC(=O)N2CCN(CCCCCCN3C(=O)C=CC3=O)CC2)/C=C\C1C. The molecule has 0 aromatic heterocycles. The maximum Gasteiger partial charge on any atom is 0.410 e. The predicted octanol–water partition coefficient (Wildman–Crippen LogP) is 3.51. The molecule has 1 saturated heterocycles. The Labute approximate surface area is 232 Å². The van der Waals surface area contributed by atoms with Gasteiger partial charge in [-0.3, -0.25) is 24.2 Å². The Kier molecular flexibility index (Phi) is 12.5. The number of imide groups is 1. The van der Waals surface area contributed by atoms with E-state index in [0.29, 0.717) is 26.1 Å². The predicted molar refractivity (Wildman–Crippen MR) is 145 cm³/mol. The van der Waals surface area contributed by atoms with Crippen LogP contribution in [0.2, 0.25) is 0 Å². The van der Waals surface area contributed by atoms with Crippen molar-refractivity contribution in [2.45, 2.75) is 77.6 Å². The largest absolute Gasteiger partial charge is 0.442 e. The van der Waals surface area contributed by atoms with Crippen LogP contribution in [0.25, 0.3) is 0 Å². The number of cyclic esters (lactones) is 1. The fourth-order valence-electron chi connectivity index (χ4n) is 5.13. The van der Waals surface area contributed by atoms with E-state index in [9.17, 15) is 19.2 Å². The Hall–Kier alpha value is -2.72. The first-order valence-electron chi connectivity index (χ1n) is 14.4. The number of rotatable bonds is 9. The standard InChI is InChI=1S/C29H45N3O7/c1-22-10-6-7-11-27(35)39-28(37-3)23(2)12-13-24(22)38-29(36)31-20-18-30(19-21-31)16-8-4-5-9-17-32-25(33)14-15-26(32)34/h12-15,22-24,28H,4-11,16-21H2,1-3H3/b13-12-. The van der Waals surface area contributed by atoms with Crippen molar-refractivity contribution in [2.75, 3.05) is 46.4 Å². The van der Waals surface area contributed by atoms with Gasteiger partial charge in [-0.15, -0.1) is 0 Å². The van der Waals surface area contributed by atoms with Crippen LogP contribution in [0, 0.1) is 11.8 Å². The topological polar surface area (TPSA) is 106 Å². The number of ether oxygens (including phenoxy) is 3. The molecule has 39 heavy (non-hydrogen) atoms. The van der Waals surface area contributed by atoms with Crippen molar-refractivity contribution in [3.05, 3.63) is 24.3 Å². The van der Waals surface area contributed by atoms with E-state index < -0.39 is 6.29 Å². The molecule has 0 saturated carbocycles. The zero-order valence-corrected chi connectivity index (χ0v) is 23.7. The zero-order chi connectivity index (χ0) is 28.2. The van der Waals surface area contributed by atoms with Crippen molar-refractivity contribution >= 4 is 23.9 Å². The van der Waals surface area contributed by atoms with Gasteiger partial charge in [0.1, 0.15) is 6.10 Å². The lowest BCUT2D eigenvalue weighted by Crippen LogP contribution is -2.49. The molecular weight excluding hydrogens is 502 g/mol. The van der Waals surface area contributed by atoms with Crippen LogP contribution in [0.4, 0.5) is 4.79 Å². The molecule has 0 spiro atoms. The smallest absolute Gasteiger partial charge is 0.410 e. The second-order valence-corrected chi connectivity index (χ2v) is 10.8. The summed E-state index contributed by atoms with van der Waals surface area (Å²) < 4.78 is 16.8. The highest BCUT2D eigenvalue weighted by Gasteiger charge is 2.28. The maximum absolute atomic E-state index is 13.0. The first-order valence-corrected chi connectivity index (χ1v) is 14.4. The minimum Gasteiger partial charge on any atom is -0.442 e. The van der Waals surface area contributed by atoms with Crippen molar-refractivity contribution in [1.29, 1.82) is 0 Å². The van der Waals surface area contributed by atoms with Crippen LogP contribution in [0.1, 0.15) is 65.2 Å². The molecule has 0 N–H and O–H groups in total. The summed E-state index contributed by atoms with van der Waals surface area (Å²) in [5.74, 6) is -0.710. The molecule has 3 rings (SSSR count). The van der Waals surface area contributed by atoms with Gasteiger partial charge in [0.15, 0.2) is 0 Å².